The number of hydrogen-bond acceptors (Lipinski definition) is 2. The molecule has 0 heterocycles. The molecule has 1 aliphatic carbocycles. The molecule has 0 aromatic rings. The predicted molar refractivity (Wildman–Crippen MR) is 57.1 cm³/mol. The Morgan fingerprint density at radius 3 is 2.79 bits per heavy atom. The van der Waals surface area contributed by atoms with Crippen molar-refractivity contribution in [3.63, 3.8) is 0 Å². The molecule has 0 aromatic carbocycles. The van der Waals surface area contributed by atoms with Gasteiger partial charge < -0.3 is 4.74 Å². The number of Topliss-reactive ketones (excluding diaryl/α,β-unsaturated/α-hetero) is 1. The Labute approximate surface area is 85.6 Å². The van der Waals surface area contributed by atoms with Crippen LogP contribution in [-0.4, -0.2) is 18.0 Å². The van der Waals surface area contributed by atoms with Crippen LogP contribution < -0.4 is 0 Å². The number of hydrogen-bond donors (Lipinski definition) is 0. The monoisotopic (exact) mass is 194 g/mol. The van der Waals surface area contributed by atoms with Gasteiger partial charge in [0.2, 0.25) is 0 Å². The molecule has 0 amide bonds. The van der Waals surface area contributed by atoms with E-state index in [1.54, 1.807) is 6.92 Å². The number of ether oxygens (including phenoxy) is 1. The Morgan fingerprint density at radius 1 is 1.64 bits per heavy atom. The van der Waals surface area contributed by atoms with Crippen molar-refractivity contribution in [2.24, 2.45) is 5.92 Å². The highest BCUT2D eigenvalue weighted by Crippen LogP contribution is 2.29. The van der Waals surface area contributed by atoms with E-state index in [9.17, 15) is 4.79 Å². The van der Waals surface area contributed by atoms with Crippen LogP contribution >= 0.6 is 0 Å². The highest BCUT2D eigenvalue weighted by Gasteiger charge is 2.30. The second kappa shape index (κ2) is 4.09. The van der Waals surface area contributed by atoms with Crippen LogP contribution in [0.4, 0.5) is 0 Å². The molecule has 2 nitrogen and oxygen atoms in total. The van der Waals surface area contributed by atoms with Crippen molar-refractivity contribution in [2.45, 2.75) is 33.3 Å². The van der Waals surface area contributed by atoms with E-state index in [2.05, 4.69) is 19.9 Å². The van der Waals surface area contributed by atoms with Crippen LogP contribution in [0.3, 0.4) is 0 Å². The van der Waals surface area contributed by atoms with Gasteiger partial charge in [-0.05, 0) is 20.8 Å². The van der Waals surface area contributed by atoms with Crippen LogP contribution in [0.25, 0.3) is 0 Å². The Balaban J connectivity index is 2.67. The quantitative estimate of drug-likeness (QED) is 0.690. The maximum absolute atomic E-state index is 10.8. The predicted octanol–water partition coefficient (Wildman–Crippen LogP) is 2.50. The summed E-state index contributed by atoms with van der Waals surface area (Å²) in [6, 6.07) is 0. The summed E-state index contributed by atoms with van der Waals surface area (Å²) in [6.45, 7) is 7.92. The van der Waals surface area contributed by atoms with Gasteiger partial charge in [-0.25, -0.2) is 0 Å². The second-order valence-electron chi connectivity index (χ2n) is 4.21. The Morgan fingerprint density at radius 2 is 2.29 bits per heavy atom. The van der Waals surface area contributed by atoms with Gasteiger partial charge in [0.05, 0.1) is 5.60 Å². The molecular weight excluding hydrogens is 176 g/mol. The Kier molecular flexibility index (Phi) is 3.27. The lowest BCUT2D eigenvalue weighted by Gasteiger charge is -2.33. The molecule has 0 spiro atoms. The first-order valence-electron chi connectivity index (χ1n) is 4.95. The molecule has 78 valence electrons. The van der Waals surface area contributed by atoms with E-state index < -0.39 is 0 Å². The number of ketones is 1. The van der Waals surface area contributed by atoms with Gasteiger partial charge in [-0.15, -0.1) is 0 Å². The van der Waals surface area contributed by atoms with E-state index in [0.717, 1.165) is 0 Å². The molecule has 1 rings (SSSR count). The maximum atomic E-state index is 10.8. The molecular formula is C12H18O2. The Bertz CT molecular complexity index is 289. The first-order chi connectivity index (χ1) is 6.44. The lowest BCUT2D eigenvalue weighted by molar-refractivity contribution is -0.127. The molecule has 0 N–H and O–H groups in total. The SMILES string of the molecule is CC(=O)COC1(C)C=CC(C)=CC1C. The fourth-order valence-electron chi connectivity index (χ4n) is 1.50. The summed E-state index contributed by atoms with van der Waals surface area (Å²) < 4.78 is 5.61. The van der Waals surface area contributed by atoms with E-state index >= 15 is 0 Å². The number of carbonyl (C=O) groups is 1. The smallest absolute Gasteiger partial charge is 0.155 e. The summed E-state index contributed by atoms with van der Waals surface area (Å²) in [6.07, 6.45) is 6.25. The molecule has 14 heavy (non-hydrogen) atoms. The zero-order chi connectivity index (χ0) is 10.8. The van der Waals surface area contributed by atoms with Crippen molar-refractivity contribution in [1.29, 1.82) is 0 Å². The van der Waals surface area contributed by atoms with Gasteiger partial charge in [0.15, 0.2) is 5.78 Å². The summed E-state index contributed by atoms with van der Waals surface area (Å²) in [7, 11) is 0. The van der Waals surface area contributed by atoms with Crippen molar-refractivity contribution >= 4 is 5.78 Å². The second-order valence-corrected chi connectivity index (χ2v) is 4.21. The van der Waals surface area contributed by atoms with Crippen LogP contribution in [0.1, 0.15) is 27.7 Å². The highest BCUT2D eigenvalue weighted by atomic mass is 16.5. The molecule has 0 radical (unpaired) electrons. The zero-order valence-corrected chi connectivity index (χ0v) is 9.33. The van der Waals surface area contributed by atoms with E-state index in [-0.39, 0.29) is 18.0 Å². The Hall–Kier alpha value is -0.890. The summed E-state index contributed by atoms with van der Waals surface area (Å²) in [4.78, 5) is 10.8. The fourth-order valence-corrected chi connectivity index (χ4v) is 1.50. The first kappa shape index (κ1) is 11.2. The molecule has 1 aliphatic rings. The fraction of sp³-hybridized carbons (Fsp3) is 0.583. The average molecular weight is 194 g/mol. The van der Waals surface area contributed by atoms with E-state index in [4.69, 9.17) is 4.74 Å². The normalized spacial score (nSPS) is 31.4. The molecule has 2 unspecified atom stereocenters. The van der Waals surface area contributed by atoms with Gasteiger partial charge in [0.1, 0.15) is 6.61 Å². The highest BCUT2D eigenvalue weighted by molar-refractivity contribution is 5.76. The summed E-state index contributed by atoms with van der Waals surface area (Å²) >= 11 is 0. The molecule has 2 heteroatoms. The maximum Gasteiger partial charge on any atom is 0.155 e. The van der Waals surface area contributed by atoms with Gasteiger partial charge in [0, 0.05) is 5.92 Å². The lowest BCUT2D eigenvalue weighted by Crippen LogP contribution is -2.36. The van der Waals surface area contributed by atoms with Gasteiger partial charge >= 0.3 is 0 Å². The zero-order valence-electron chi connectivity index (χ0n) is 9.33. The average Bonchev–Trinajstić information content (AvgIpc) is 2.09. The van der Waals surface area contributed by atoms with E-state index in [1.165, 1.54) is 5.57 Å². The summed E-state index contributed by atoms with van der Waals surface area (Å²) in [5.41, 5.74) is 0.923. The summed E-state index contributed by atoms with van der Waals surface area (Å²) in [5.74, 6) is 0.380. The number of carbonyl (C=O) groups excluding carboxylic acids is 1. The molecule has 0 fully saturated rings. The van der Waals surface area contributed by atoms with Crippen LogP contribution in [-0.2, 0) is 9.53 Å². The van der Waals surface area contributed by atoms with Gasteiger partial charge in [0.25, 0.3) is 0 Å². The van der Waals surface area contributed by atoms with Crippen molar-refractivity contribution in [3.05, 3.63) is 23.8 Å². The van der Waals surface area contributed by atoms with Gasteiger partial charge in [-0.2, -0.15) is 0 Å². The first-order valence-corrected chi connectivity index (χ1v) is 4.95. The van der Waals surface area contributed by atoms with Crippen LogP contribution in [0.5, 0.6) is 0 Å². The molecule has 0 aliphatic heterocycles. The van der Waals surface area contributed by atoms with E-state index in [0.29, 0.717) is 5.92 Å². The van der Waals surface area contributed by atoms with Gasteiger partial charge in [-0.3, -0.25) is 4.79 Å². The minimum Gasteiger partial charge on any atom is -0.363 e. The van der Waals surface area contributed by atoms with Gasteiger partial charge in [-0.1, -0.05) is 30.7 Å². The molecule has 0 bridgehead atoms. The van der Waals surface area contributed by atoms with Crippen LogP contribution in [0.2, 0.25) is 0 Å². The number of rotatable bonds is 3. The van der Waals surface area contributed by atoms with Crippen LogP contribution in [0.15, 0.2) is 23.8 Å². The standard InChI is InChI=1S/C12H18O2/c1-9-5-6-12(4,10(2)7-9)14-8-11(3)13/h5-7,10H,8H2,1-4H3. The third kappa shape index (κ3) is 2.55. The van der Waals surface area contributed by atoms with Crippen molar-refractivity contribution in [3.8, 4) is 0 Å². The minimum absolute atomic E-state index is 0.0677. The van der Waals surface area contributed by atoms with Crippen molar-refractivity contribution in [2.75, 3.05) is 6.61 Å². The largest absolute Gasteiger partial charge is 0.363 e. The van der Waals surface area contributed by atoms with Crippen molar-refractivity contribution in [1.82, 2.24) is 0 Å². The van der Waals surface area contributed by atoms with Crippen LogP contribution in [0, 0.1) is 5.92 Å². The van der Waals surface area contributed by atoms with E-state index in [1.807, 2.05) is 19.1 Å². The molecule has 0 saturated carbocycles. The number of allylic oxidation sites excluding steroid dienone is 2. The third-order valence-corrected chi connectivity index (χ3v) is 2.68. The third-order valence-electron chi connectivity index (χ3n) is 2.68. The molecule has 0 saturated heterocycles. The summed E-state index contributed by atoms with van der Waals surface area (Å²) in [5, 5.41) is 0. The molecule has 2 atom stereocenters. The minimum atomic E-state index is -0.328. The lowest BCUT2D eigenvalue weighted by atomic mass is 9.84. The molecule has 0 aromatic heterocycles. The van der Waals surface area contributed by atoms with Crippen molar-refractivity contribution < 1.29 is 9.53 Å². The topological polar surface area (TPSA) is 26.3 Å².